The number of Topliss-reactive ketones (excluding diaryl/α,β-unsaturated/α-hetero) is 1. The Labute approximate surface area is 168 Å². The molecule has 1 unspecified atom stereocenters. The highest BCUT2D eigenvalue weighted by atomic mass is 35.5. The number of ketones is 1. The van der Waals surface area contributed by atoms with Gasteiger partial charge in [-0.05, 0) is 67.0 Å². The number of carbonyl (C=O) groups is 2. The van der Waals surface area contributed by atoms with E-state index in [1.165, 1.54) is 40.0 Å². The first-order valence-corrected chi connectivity index (χ1v) is 9.87. The van der Waals surface area contributed by atoms with Crippen LogP contribution >= 0.6 is 11.6 Å². The average molecular weight is 398 g/mol. The molecule has 2 aliphatic rings. The Morgan fingerprint density at radius 2 is 2.04 bits per heavy atom. The van der Waals surface area contributed by atoms with Gasteiger partial charge in [0.05, 0.1) is 5.02 Å². The molecule has 1 amide bonds. The Kier molecular flexibility index (Phi) is 5.07. The second-order valence-electron chi connectivity index (χ2n) is 7.68. The number of hydrogen-bond acceptors (Lipinski definition) is 2. The molecule has 0 heterocycles. The molecule has 4 rings (SSSR count). The highest BCUT2D eigenvalue weighted by molar-refractivity contribution is 6.36. The van der Waals surface area contributed by atoms with Gasteiger partial charge in [-0.2, -0.15) is 0 Å². The van der Waals surface area contributed by atoms with E-state index < -0.39 is 17.5 Å². The number of aryl methyl sites for hydroxylation is 1. The number of nitrogens with one attached hydrogen (secondary N) is 1. The molecule has 3 nitrogen and oxygen atoms in total. The van der Waals surface area contributed by atoms with E-state index in [9.17, 15) is 14.0 Å². The maximum absolute atomic E-state index is 13.5. The summed E-state index contributed by atoms with van der Waals surface area (Å²) in [7, 11) is 0. The zero-order valence-electron chi connectivity index (χ0n) is 15.6. The molecule has 1 atom stereocenters. The van der Waals surface area contributed by atoms with E-state index in [0.717, 1.165) is 25.7 Å². The minimum absolute atomic E-state index is 0.000910. The fourth-order valence-corrected chi connectivity index (χ4v) is 4.26. The standard InChI is InChI=1S/C23H21ClFNO2/c1-13-2-4-15-11-16-5-6-17(12-19(16)18(15)8-13)26-23(28)22(27)10-14-3-7-20(24)21(25)9-14/h2-4,7-9,17H,5-6,10-12H2,1H3,(H,26,28). The first kappa shape index (κ1) is 18.9. The molecular weight excluding hydrogens is 377 g/mol. The normalized spacial score (nSPS) is 17.9. The van der Waals surface area contributed by atoms with E-state index in [4.69, 9.17) is 11.6 Å². The Morgan fingerprint density at radius 1 is 1.21 bits per heavy atom. The molecule has 5 heteroatoms. The maximum Gasteiger partial charge on any atom is 0.287 e. The minimum Gasteiger partial charge on any atom is -0.346 e. The van der Waals surface area contributed by atoms with Crippen molar-refractivity contribution >= 4 is 28.9 Å². The van der Waals surface area contributed by atoms with Gasteiger partial charge in [-0.3, -0.25) is 9.59 Å². The summed E-state index contributed by atoms with van der Waals surface area (Å²) in [5.41, 5.74) is 7.08. The van der Waals surface area contributed by atoms with Crippen LogP contribution in [-0.4, -0.2) is 17.7 Å². The van der Waals surface area contributed by atoms with Crippen LogP contribution < -0.4 is 5.32 Å². The summed E-state index contributed by atoms with van der Waals surface area (Å²) in [6.07, 6.45) is 3.38. The van der Waals surface area contributed by atoms with Crippen LogP contribution in [0.25, 0.3) is 5.57 Å². The lowest BCUT2D eigenvalue weighted by Gasteiger charge is -2.25. The van der Waals surface area contributed by atoms with E-state index >= 15 is 0 Å². The molecule has 0 fully saturated rings. The summed E-state index contributed by atoms with van der Waals surface area (Å²) in [6, 6.07) is 10.6. The summed E-state index contributed by atoms with van der Waals surface area (Å²) in [4.78, 5) is 24.6. The van der Waals surface area contributed by atoms with Gasteiger partial charge in [0.15, 0.2) is 0 Å². The van der Waals surface area contributed by atoms with Crippen LogP contribution in [0.4, 0.5) is 4.39 Å². The number of halogens is 2. The zero-order chi connectivity index (χ0) is 19.8. The third-order valence-electron chi connectivity index (χ3n) is 5.60. The minimum atomic E-state index is -0.605. The van der Waals surface area contributed by atoms with Crippen molar-refractivity contribution in [1.82, 2.24) is 5.32 Å². The number of carbonyl (C=O) groups excluding carboxylic acids is 2. The van der Waals surface area contributed by atoms with E-state index in [-0.39, 0.29) is 17.5 Å². The van der Waals surface area contributed by atoms with Crippen LogP contribution in [0, 0.1) is 12.7 Å². The van der Waals surface area contributed by atoms with Gasteiger partial charge in [0.2, 0.25) is 5.78 Å². The van der Waals surface area contributed by atoms with Crippen molar-refractivity contribution in [3.05, 3.63) is 75.1 Å². The highest BCUT2D eigenvalue weighted by Crippen LogP contribution is 2.41. The third kappa shape index (κ3) is 3.74. The second-order valence-corrected chi connectivity index (χ2v) is 8.09. The van der Waals surface area contributed by atoms with E-state index in [1.54, 1.807) is 6.07 Å². The van der Waals surface area contributed by atoms with Crippen LogP contribution in [-0.2, 0) is 22.4 Å². The molecule has 0 spiro atoms. The van der Waals surface area contributed by atoms with Crippen molar-refractivity contribution in [2.45, 2.75) is 45.1 Å². The lowest BCUT2D eigenvalue weighted by Crippen LogP contribution is -2.41. The van der Waals surface area contributed by atoms with Crippen molar-refractivity contribution in [3.63, 3.8) is 0 Å². The fourth-order valence-electron chi connectivity index (χ4n) is 4.15. The predicted molar refractivity (Wildman–Crippen MR) is 108 cm³/mol. The average Bonchev–Trinajstić information content (AvgIpc) is 3.02. The number of rotatable bonds is 4. The smallest absolute Gasteiger partial charge is 0.287 e. The lowest BCUT2D eigenvalue weighted by molar-refractivity contribution is -0.138. The summed E-state index contributed by atoms with van der Waals surface area (Å²) in [5.74, 6) is -1.76. The van der Waals surface area contributed by atoms with Gasteiger partial charge in [0.25, 0.3) is 5.91 Å². The third-order valence-corrected chi connectivity index (χ3v) is 5.91. The molecule has 0 aliphatic heterocycles. The van der Waals surface area contributed by atoms with Crippen LogP contribution in [0.2, 0.25) is 5.02 Å². The molecule has 1 N–H and O–H groups in total. The number of fused-ring (bicyclic) bond motifs is 2. The van der Waals surface area contributed by atoms with Gasteiger partial charge in [-0.1, -0.05) is 47.0 Å². The van der Waals surface area contributed by atoms with Crippen LogP contribution in [0.3, 0.4) is 0 Å². The van der Waals surface area contributed by atoms with Crippen molar-refractivity contribution in [3.8, 4) is 0 Å². The highest BCUT2D eigenvalue weighted by Gasteiger charge is 2.29. The topological polar surface area (TPSA) is 46.2 Å². The molecule has 0 saturated heterocycles. The summed E-state index contributed by atoms with van der Waals surface area (Å²) < 4.78 is 13.5. The van der Waals surface area contributed by atoms with Crippen molar-refractivity contribution < 1.29 is 14.0 Å². The van der Waals surface area contributed by atoms with E-state index in [0.29, 0.717) is 5.56 Å². The predicted octanol–water partition coefficient (Wildman–Crippen LogP) is 4.58. The maximum atomic E-state index is 13.5. The van der Waals surface area contributed by atoms with Crippen molar-refractivity contribution in [1.29, 1.82) is 0 Å². The number of amides is 1. The summed E-state index contributed by atoms with van der Waals surface area (Å²) in [6.45, 7) is 2.08. The summed E-state index contributed by atoms with van der Waals surface area (Å²) in [5, 5.41) is 2.88. The Bertz CT molecular complexity index is 1010. The molecule has 2 aliphatic carbocycles. The van der Waals surface area contributed by atoms with Crippen LogP contribution in [0.1, 0.15) is 41.5 Å². The molecule has 2 aromatic carbocycles. The number of allylic oxidation sites excluding steroid dienone is 1. The molecule has 0 radical (unpaired) electrons. The number of benzene rings is 2. The molecule has 2 aromatic rings. The molecular formula is C23H21ClFNO2. The Morgan fingerprint density at radius 3 is 2.82 bits per heavy atom. The van der Waals surface area contributed by atoms with E-state index in [2.05, 4.69) is 30.4 Å². The van der Waals surface area contributed by atoms with Gasteiger partial charge in [-0.15, -0.1) is 0 Å². The van der Waals surface area contributed by atoms with Crippen molar-refractivity contribution in [2.24, 2.45) is 0 Å². The number of hydrogen-bond donors (Lipinski definition) is 1. The van der Waals surface area contributed by atoms with Crippen molar-refractivity contribution in [2.75, 3.05) is 0 Å². The first-order chi connectivity index (χ1) is 13.4. The first-order valence-electron chi connectivity index (χ1n) is 9.49. The Balaban J connectivity index is 1.40. The van der Waals surface area contributed by atoms with Crippen LogP contribution in [0.15, 0.2) is 42.0 Å². The Hall–Kier alpha value is -2.46. The van der Waals surface area contributed by atoms with Gasteiger partial charge in [-0.25, -0.2) is 4.39 Å². The largest absolute Gasteiger partial charge is 0.346 e. The quantitative estimate of drug-likeness (QED) is 0.768. The fraction of sp³-hybridized carbons (Fsp3) is 0.304. The zero-order valence-corrected chi connectivity index (χ0v) is 16.4. The molecule has 0 aromatic heterocycles. The van der Waals surface area contributed by atoms with Gasteiger partial charge in [0, 0.05) is 12.5 Å². The molecule has 0 bridgehead atoms. The molecule has 28 heavy (non-hydrogen) atoms. The van der Waals surface area contributed by atoms with Gasteiger partial charge in [0.1, 0.15) is 5.82 Å². The summed E-state index contributed by atoms with van der Waals surface area (Å²) >= 11 is 5.65. The second kappa shape index (κ2) is 7.51. The van der Waals surface area contributed by atoms with Crippen LogP contribution in [0.5, 0.6) is 0 Å². The van der Waals surface area contributed by atoms with E-state index in [1.807, 2.05) is 0 Å². The molecule has 144 valence electrons. The monoisotopic (exact) mass is 397 g/mol. The lowest BCUT2D eigenvalue weighted by atomic mass is 9.88. The molecule has 0 saturated carbocycles. The van der Waals surface area contributed by atoms with Gasteiger partial charge < -0.3 is 5.32 Å². The SMILES string of the molecule is Cc1ccc2c(c1)C1=C(CCC(NC(=O)C(=O)Cc3ccc(Cl)c(F)c3)C1)C2. The van der Waals surface area contributed by atoms with Gasteiger partial charge >= 0.3 is 0 Å².